The second-order valence-electron chi connectivity index (χ2n) is 7.44. The van der Waals surface area contributed by atoms with Crippen molar-refractivity contribution in [2.24, 2.45) is 5.92 Å². The van der Waals surface area contributed by atoms with Gasteiger partial charge in [-0.05, 0) is 63.8 Å². The molecule has 2 nitrogen and oxygen atoms in total. The predicted molar refractivity (Wildman–Crippen MR) is 87.9 cm³/mol. The Morgan fingerprint density at radius 2 is 2.14 bits per heavy atom. The van der Waals surface area contributed by atoms with Crippen LogP contribution in [0.3, 0.4) is 0 Å². The van der Waals surface area contributed by atoms with Gasteiger partial charge in [-0.3, -0.25) is 0 Å². The Morgan fingerprint density at radius 1 is 1.33 bits per heavy atom. The summed E-state index contributed by atoms with van der Waals surface area (Å²) in [6.07, 6.45) is 5.62. The van der Waals surface area contributed by atoms with E-state index in [9.17, 15) is 0 Å². The summed E-state index contributed by atoms with van der Waals surface area (Å²) < 4.78 is 5.93. The third-order valence-corrected chi connectivity index (χ3v) is 5.67. The van der Waals surface area contributed by atoms with Crippen LogP contribution in [-0.4, -0.2) is 30.6 Å². The van der Waals surface area contributed by atoms with Crippen LogP contribution in [0.1, 0.15) is 52.0 Å². The second kappa shape index (κ2) is 5.64. The maximum absolute atomic E-state index is 5.93. The second-order valence-corrected chi connectivity index (χ2v) is 7.44. The fourth-order valence-corrected chi connectivity index (χ4v) is 4.56. The third-order valence-electron chi connectivity index (χ3n) is 5.67. The van der Waals surface area contributed by atoms with Gasteiger partial charge < -0.3 is 9.64 Å². The van der Waals surface area contributed by atoms with Gasteiger partial charge in [0.2, 0.25) is 0 Å². The molecule has 3 rings (SSSR count). The van der Waals surface area contributed by atoms with E-state index in [0.717, 1.165) is 11.8 Å². The van der Waals surface area contributed by atoms with Gasteiger partial charge >= 0.3 is 0 Å². The molecule has 1 aliphatic heterocycles. The highest BCUT2D eigenvalue weighted by atomic mass is 16.5. The van der Waals surface area contributed by atoms with Gasteiger partial charge in [-0.15, -0.1) is 0 Å². The summed E-state index contributed by atoms with van der Waals surface area (Å²) in [6.45, 7) is 7.85. The Bertz CT molecular complexity index is 498. The van der Waals surface area contributed by atoms with Crippen molar-refractivity contribution in [2.45, 2.75) is 64.0 Å². The van der Waals surface area contributed by atoms with Crippen LogP contribution in [0.5, 0.6) is 5.75 Å². The van der Waals surface area contributed by atoms with Gasteiger partial charge in [0, 0.05) is 18.0 Å². The van der Waals surface area contributed by atoms with E-state index in [1.807, 2.05) is 0 Å². The van der Waals surface area contributed by atoms with Crippen LogP contribution in [0.15, 0.2) is 24.3 Å². The molecule has 0 radical (unpaired) electrons. The molecule has 2 bridgehead atoms. The summed E-state index contributed by atoms with van der Waals surface area (Å²) in [5.41, 5.74) is 1.87. The van der Waals surface area contributed by atoms with Crippen LogP contribution in [0.2, 0.25) is 0 Å². The molecular weight excluding hydrogens is 258 g/mol. The first-order chi connectivity index (χ1) is 10.0. The van der Waals surface area contributed by atoms with Crippen molar-refractivity contribution in [3.8, 4) is 5.75 Å². The summed E-state index contributed by atoms with van der Waals surface area (Å²) in [5.74, 6) is 1.75. The first-order valence-corrected chi connectivity index (χ1v) is 8.49. The highest BCUT2D eigenvalue weighted by Gasteiger charge is 2.47. The van der Waals surface area contributed by atoms with Crippen LogP contribution in [0.4, 0.5) is 0 Å². The fraction of sp³-hybridized carbons (Fsp3) is 0.684. The molecule has 1 aromatic carbocycles. The molecule has 0 unspecified atom stereocenters. The number of likely N-dealkylation sites (tertiary alicyclic amines) is 1. The maximum Gasteiger partial charge on any atom is 0.119 e. The van der Waals surface area contributed by atoms with Crippen molar-refractivity contribution < 1.29 is 4.74 Å². The molecule has 0 N–H and O–H groups in total. The summed E-state index contributed by atoms with van der Waals surface area (Å²) in [6, 6.07) is 9.68. The fourth-order valence-electron chi connectivity index (χ4n) is 4.56. The van der Waals surface area contributed by atoms with E-state index in [2.05, 4.69) is 57.0 Å². The number of benzene rings is 1. The zero-order chi connectivity index (χ0) is 15.0. The first-order valence-electron chi connectivity index (χ1n) is 8.49. The summed E-state index contributed by atoms with van der Waals surface area (Å²) >= 11 is 0. The number of ether oxygens (including phenoxy) is 1. The number of rotatable bonds is 3. The molecule has 116 valence electrons. The van der Waals surface area contributed by atoms with Crippen LogP contribution < -0.4 is 4.74 Å². The minimum absolute atomic E-state index is 0.242. The Morgan fingerprint density at radius 3 is 2.90 bits per heavy atom. The van der Waals surface area contributed by atoms with Gasteiger partial charge in [0.15, 0.2) is 0 Å². The van der Waals surface area contributed by atoms with Crippen LogP contribution in [0, 0.1) is 5.92 Å². The molecule has 1 aromatic rings. The SMILES string of the molecule is CC(C)Oc1cccc([C@@]23CCC[C@@H](C2)N(C)C[C@H]3C)c1. The average molecular weight is 287 g/mol. The molecule has 1 aliphatic carbocycles. The molecule has 1 saturated carbocycles. The van der Waals surface area contributed by atoms with Crippen molar-refractivity contribution in [1.82, 2.24) is 4.90 Å². The van der Waals surface area contributed by atoms with E-state index < -0.39 is 0 Å². The Labute approximate surface area is 129 Å². The third kappa shape index (κ3) is 2.70. The quantitative estimate of drug-likeness (QED) is 0.824. The van der Waals surface area contributed by atoms with Crippen molar-refractivity contribution in [1.29, 1.82) is 0 Å². The number of nitrogens with zero attached hydrogens (tertiary/aromatic N) is 1. The van der Waals surface area contributed by atoms with Gasteiger partial charge in [0.1, 0.15) is 5.75 Å². The number of fused-ring (bicyclic) bond motifs is 2. The Hall–Kier alpha value is -1.02. The predicted octanol–water partition coefficient (Wildman–Crippen LogP) is 4.24. The minimum Gasteiger partial charge on any atom is -0.491 e. The van der Waals surface area contributed by atoms with E-state index >= 15 is 0 Å². The molecule has 2 aliphatic rings. The van der Waals surface area contributed by atoms with Gasteiger partial charge in [-0.1, -0.05) is 25.5 Å². The summed E-state index contributed by atoms with van der Waals surface area (Å²) in [5, 5.41) is 0. The molecule has 2 heteroatoms. The van der Waals surface area contributed by atoms with Gasteiger partial charge in [0.05, 0.1) is 6.10 Å². The monoisotopic (exact) mass is 287 g/mol. The van der Waals surface area contributed by atoms with E-state index in [4.69, 9.17) is 4.74 Å². The molecule has 0 aromatic heterocycles. The normalized spacial score (nSPS) is 33.2. The topological polar surface area (TPSA) is 12.5 Å². The Kier molecular flexibility index (Phi) is 4.00. The van der Waals surface area contributed by atoms with Crippen molar-refractivity contribution in [3.63, 3.8) is 0 Å². The van der Waals surface area contributed by atoms with E-state index in [0.29, 0.717) is 11.3 Å². The van der Waals surface area contributed by atoms with Gasteiger partial charge in [-0.25, -0.2) is 0 Å². The van der Waals surface area contributed by atoms with E-state index in [-0.39, 0.29) is 6.10 Å². The summed E-state index contributed by atoms with van der Waals surface area (Å²) in [7, 11) is 2.30. The highest BCUT2D eigenvalue weighted by Crippen LogP contribution is 2.50. The number of hydrogen-bond donors (Lipinski definition) is 0. The molecule has 0 amide bonds. The lowest BCUT2D eigenvalue weighted by molar-refractivity contribution is 0.0265. The number of piperidine rings is 1. The number of hydrogen-bond acceptors (Lipinski definition) is 2. The average Bonchev–Trinajstić information content (AvgIpc) is 2.45. The molecule has 1 saturated heterocycles. The molecule has 21 heavy (non-hydrogen) atoms. The molecular formula is C19H29NO. The molecule has 0 spiro atoms. The van der Waals surface area contributed by atoms with Crippen molar-refractivity contribution in [3.05, 3.63) is 29.8 Å². The lowest BCUT2D eigenvalue weighted by atomic mass is 9.59. The zero-order valence-electron chi connectivity index (χ0n) is 13.9. The van der Waals surface area contributed by atoms with Gasteiger partial charge in [-0.2, -0.15) is 0 Å². The van der Waals surface area contributed by atoms with Gasteiger partial charge in [0.25, 0.3) is 0 Å². The smallest absolute Gasteiger partial charge is 0.119 e. The maximum atomic E-state index is 5.93. The minimum atomic E-state index is 0.242. The van der Waals surface area contributed by atoms with Crippen LogP contribution in [0.25, 0.3) is 0 Å². The summed E-state index contributed by atoms with van der Waals surface area (Å²) in [4.78, 5) is 2.58. The lowest BCUT2D eigenvalue weighted by Crippen LogP contribution is -2.54. The molecule has 1 heterocycles. The van der Waals surface area contributed by atoms with E-state index in [1.165, 1.54) is 37.8 Å². The molecule has 2 fully saturated rings. The Balaban J connectivity index is 1.93. The highest BCUT2D eigenvalue weighted by molar-refractivity contribution is 5.36. The van der Waals surface area contributed by atoms with Crippen LogP contribution in [-0.2, 0) is 5.41 Å². The molecule has 3 atom stereocenters. The van der Waals surface area contributed by atoms with Crippen molar-refractivity contribution >= 4 is 0 Å². The van der Waals surface area contributed by atoms with Crippen LogP contribution >= 0.6 is 0 Å². The largest absolute Gasteiger partial charge is 0.491 e. The first kappa shape index (κ1) is 14.9. The van der Waals surface area contributed by atoms with E-state index in [1.54, 1.807) is 0 Å². The standard InChI is InChI=1S/C19H29NO/c1-14(2)21-18-9-5-7-16(11-18)19-10-6-8-17(12-19)20(4)13-15(19)3/h5,7,9,11,14-15,17H,6,8,10,12-13H2,1-4H3/t15-,17+,19+/m1/s1. The zero-order valence-corrected chi connectivity index (χ0v) is 13.9. The lowest BCUT2D eigenvalue weighted by Gasteiger charge is -2.53. The van der Waals surface area contributed by atoms with Crippen molar-refractivity contribution in [2.75, 3.05) is 13.6 Å².